The molecule has 18 heavy (non-hydrogen) atoms. The van der Waals surface area contributed by atoms with Crippen LogP contribution in [0, 0.1) is 6.92 Å². The Morgan fingerprint density at radius 1 is 1.50 bits per heavy atom. The topological polar surface area (TPSA) is 53.6 Å². The van der Waals surface area contributed by atoms with E-state index >= 15 is 0 Å². The highest BCUT2D eigenvalue weighted by Gasteiger charge is 2.18. The van der Waals surface area contributed by atoms with E-state index < -0.39 is 0 Å². The van der Waals surface area contributed by atoms with Crippen molar-refractivity contribution < 1.29 is 9.53 Å². The summed E-state index contributed by atoms with van der Waals surface area (Å²) in [5.74, 6) is 0.888. The Kier molecular flexibility index (Phi) is 3.92. The molecule has 5 heteroatoms. The largest absolute Gasteiger partial charge is 0.496 e. The van der Waals surface area contributed by atoms with Crippen molar-refractivity contribution >= 4 is 11.7 Å². The van der Waals surface area contributed by atoms with Crippen molar-refractivity contribution in [2.24, 2.45) is 0 Å². The van der Waals surface area contributed by atoms with E-state index in [2.05, 4.69) is 10.6 Å². The Hall–Kier alpha value is -1.91. The summed E-state index contributed by atoms with van der Waals surface area (Å²) in [5, 5.41) is 6.09. The number of methoxy groups -OCH3 is 1. The van der Waals surface area contributed by atoms with Gasteiger partial charge in [0.1, 0.15) is 5.75 Å². The Balaban J connectivity index is 1.83. The highest BCUT2D eigenvalue weighted by atomic mass is 16.5. The molecule has 1 heterocycles. The van der Waals surface area contributed by atoms with Crippen LogP contribution >= 0.6 is 0 Å². The lowest BCUT2D eigenvalue weighted by atomic mass is 10.2. The first-order valence-corrected chi connectivity index (χ1v) is 6.12. The van der Waals surface area contributed by atoms with E-state index in [4.69, 9.17) is 4.74 Å². The maximum atomic E-state index is 11.3. The monoisotopic (exact) mass is 249 g/mol. The molecule has 5 nitrogen and oxygen atoms in total. The zero-order valence-corrected chi connectivity index (χ0v) is 10.8. The molecule has 0 radical (unpaired) electrons. The van der Waals surface area contributed by atoms with Crippen LogP contribution in [0.5, 0.6) is 5.75 Å². The number of hydrogen-bond donors (Lipinski definition) is 2. The summed E-state index contributed by atoms with van der Waals surface area (Å²) in [4.78, 5) is 13.1. The van der Waals surface area contributed by atoms with Crippen LogP contribution < -0.4 is 15.4 Å². The Morgan fingerprint density at radius 3 is 2.94 bits per heavy atom. The first kappa shape index (κ1) is 12.5. The zero-order chi connectivity index (χ0) is 13.0. The van der Waals surface area contributed by atoms with Gasteiger partial charge in [-0.3, -0.25) is 0 Å². The van der Waals surface area contributed by atoms with E-state index in [1.807, 2.05) is 30.0 Å². The average Bonchev–Trinajstić information content (AvgIpc) is 2.75. The second-order valence-electron chi connectivity index (χ2n) is 4.33. The highest BCUT2D eigenvalue weighted by molar-refractivity contribution is 5.76. The minimum atomic E-state index is 0.0303. The molecule has 2 amide bonds. The number of nitrogens with one attached hydrogen (secondary N) is 2. The van der Waals surface area contributed by atoms with Gasteiger partial charge in [0, 0.05) is 31.9 Å². The number of rotatable bonds is 5. The van der Waals surface area contributed by atoms with E-state index in [1.54, 1.807) is 7.11 Å². The van der Waals surface area contributed by atoms with Crippen LogP contribution in [-0.4, -0.2) is 44.2 Å². The number of carbonyl (C=O) groups is 1. The maximum Gasteiger partial charge on any atom is 0.317 e. The van der Waals surface area contributed by atoms with Gasteiger partial charge in [-0.25, -0.2) is 4.79 Å². The summed E-state index contributed by atoms with van der Waals surface area (Å²) in [6, 6.07) is 6.00. The second-order valence-corrected chi connectivity index (χ2v) is 4.33. The third kappa shape index (κ3) is 2.85. The van der Waals surface area contributed by atoms with E-state index in [1.165, 1.54) is 0 Å². The van der Waals surface area contributed by atoms with Crippen LogP contribution in [0.4, 0.5) is 10.5 Å². The van der Waals surface area contributed by atoms with Crippen LogP contribution in [0.3, 0.4) is 0 Å². The fraction of sp³-hybridized carbons (Fsp3) is 0.462. The van der Waals surface area contributed by atoms with Gasteiger partial charge < -0.3 is 20.3 Å². The predicted molar refractivity (Wildman–Crippen MR) is 71.2 cm³/mol. The van der Waals surface area contributed by atoms with Crippen LogP contribution in [0.15, 0.2) is 18.2 Å². The Morgan fingerprint density at radius 2 is 2.33 bits per heavy atom. The maximum absolute atomic E-state index is 11.3. The molecule has 1 aliphatic rings. The van der Waals surface area contributed by atoms with E-state index in [-0.39, 0.29) is 6.03 Å². The number of amides is 2. The fourth-order valence-electron chi connectivity index (χ4n) is 2.05. The van der Waals surface area contributed by atoms with Crippen molar-refractivity contribution in [3.05, 3.63) is 23.8 Å². The van der Waals surface area contributed by atoms with Crippen molar-refractivity contribution in [3.63, 3.8) is 0 Å². The molecule has 1 saturated heterocycles. The molecule has 1 aliphatic heterocycles. The number of ether oxygens (including phenoxy) is 1. The molecule has 0 bridgehead atoms. The minimum Gasteiger partial charge on any atom is -0.496 e. The van der Waals surface area contributed by atoms with Crippen LogP contribution in [-0.2, 0) is 0 Å². The number of hydrogen-bond acceptors (Lipinski definition) is 3. The van der Waals surface area contributed by atoms with Gasteiger partial charge in [-0.15, -0.1) is 0 Å². The molecular formula is C13H19N3O2. The number of carbonyl (C=O) groups excluding carboxylic acids is 1. The van der Waals surface area contributed by atoms with E-state index in [0.29, 0.717) is 0 Å². The number of urea groups is 1. The van der Waals surface area contributed by atoms with Gasteiger partial charge in [0.15, 0.2) is 0 Å². The molecular weight excluding hydrogens is 230 g/mol. The Bertz CT molecular complexity index is 434. The van der Waals surface area contributed by atoms with E-state index in [9.17, 15) is 4.79 Å². The van der Waals surface area contributed by atoms with E-state index in [0.717, 1.165) is 43.2 Å². The van der Waals surface area contributed by atoms with Gasteiger partial charge in [0.25, 0.3) is 0 Å². The quantitative estimate of drug-likeness (QED) is 0.830. The average molecular weight is 249 g/mol. The smallest absolute Gasteiger partial charge is 0.317 e. The van der Waals surface area contributed by atoms with Crippen LogP contribution in [0.2, 0.25) is 0 Å². The van der Waals surface area contributed by atoms with Crippen molar-refractivity contribution in [1.82, 2.24) is 10.2 Å². The molecule has 2 N–H and O–H groups in total. The molecule has 2 rings (SSSR count). The molecule has 0 spiro atoms. The summed E-state index contributed by atoms with van der Waals surface area (Å²) in [7, 11) is 1.67. The minimum absolute atomic E-state index is 0.0303. The molecule has 0 unspecified atom stereocenters. The highest BCUT2D eigenvalue weighted by Crippen LogP contribution is 2.21. The third-order valence-corrected chi connectivity index (χ3v) is 3.05. The molecule has 0 atom stereocenters. The summed E-state index contributed by atoms with van der Waals surface area (Å²) < 4.78 is 5.21. The van der Waals surface area contributed by atoms with Gasteiger partial charge in [-0.05, 0) is 30.7 Å². The lowest BCUT2D eigenvalue weighted by Crippen LogP contribution is -2.32. The zero-order valence-electron chi connectivity index (χ0n) is 10.8. The Labute approximate surface area is 107 Å². The summed E-state index contributed by atoms with van der Waals surface area (Å²) in [6.07, 6.45) is 0. The lowest BCUT2D eigenvalue weighted by Gasteiger charge is -2.15. The normalized spacial score (nSPS) is 14.6. The summed E-state index contributed by atoms with van der Waals surface area (Å²) in [6.45, 7) is 5.02. The molecule has 0 aromatic heterocycles. The van der Waals surface area contributed by atoms with Gasteiger partial charge in [0.05, 0.1) is 7.11 Å². The van der Waals surface area contributed by atoms with Crippen molar-refractivity contribution in [2.75, 3.05) is 38.6 Å². The fourth-order valence-corrected chi connectivity index (χ4v) is 2.05. The standard InChI is InChI=1S/C13H19N3O2/c1-10-9-11(3-4-12(10)18-2)14-5-7-16-8-6-15-13(16)17/h3-4,9,14H,5-8H2,1-2H3,(H,15,17). The number of benzene rings is 1. The van der Waals surface area contributed by atoms with Crippen molar-refractivity contribution in [1.29, 1.82) is 0 Å². The third-order valence-electron chi connectivity index (χ3n) is 3.05. The second kappa shape index (κ2) is 5.62. The molecule has 0 aliphatic carbocycles. The number of aryl methyl sites for hydroxylation is 1. The molecule has 1 aromatic rings. The van der Waals surface area contributed by atoms with Crippen LogP contribution in [0.1, 0.15) is 5.56 Å². The van der Waals surface area contributed by atoms with Crippen LogP contribution in [0.25, 0.3) is 0 Å². The van der Waals surface area contributed by atoms with Gasteiger partial charge in [-0.1, -0.05) is 0 Å². The van der Waals surface area contributed by atoms with Crippen molar-refractivity contribution in [3.8, 4) is 5.75 Å². The number of anilines is 1. The first-order chi connectivity index (χ1) is 8.70. The lowest BCUT2D eigenvalue weighted by molar-refractivity contribution is 0.219. The summed E-state index contributed by atoms with van der Waals surface area (Å²) >= 11 is 0. The molecule has 1 fully saturated rings. The predicted octanol–water partition coefficient (Wildman–Crippen LogP) is 1.44. The van der Waals surface area contributed by atoms with Gasteiger partial charge >= 0.3 is 6.03 Å². The van der Waals surface area contributed by atoms with Crippen molar-refractivity contribution in [2.45, 2.75) is 6.92 Å². The molecule has 1 aromatic carbocycles. The van der Waals surface area contributed by atoms with Gasteiger partial charge in [-0.2, -0.15) is 0 Å². The first-order valence-electron chi connectivity index (χ1n) is 6.12. The van der Waals surface area contributed by atoms with Gasteiger partial charge in [0.2, 0.25) is 0 Å². The number of nitrogens with zero attached hydrogens (tertiary/aromatic N) is 1. The molecule has 0 saturated carbocycles. The molecule has 98 valence electrons. The SMILES string of the molecule is COc1ccc(NCCN2CCNC2=O)cc1C. The summed E-state index contributed by atoms with van der Waals surface area (Å²) in [5.41, 5.74) is 2.15.